The van der Waals surface area contributed by atoms with E-state index in [9.17, 15) is 0 Å². The van der Waals surface area contributed by atoms with Crippen molar-refractivity contribution in [1.29, 1.82) is 5.26 Å². The van der Waals surface area contributed by atoms with Gasteiger partial charge in [-0.15, -0.1) is 0 Å². The predicted octanol–water partition coefficient (Wildman–Crippen LogP) is 3.23. The van der Waals surface area contributed by atoms with Gasteiger partial charge in [0.15, 0.2) is 0 Å². The van der Waals surface area contributed by atoms with Crippen LogP contribution >= 0.6 is 0 Å². The van der Waals surface area contributed by atoms with Crippen molar-refractivity contribution in [3.8, 4) is 6.07 Å². The highest BCUT2D eigenvalue weighted by atomic mass is 16.3. The summed E-state index contributed by atoms with van der Waals surface area (Å²) in [6.45, 7) is 3.82. The van der Waals surface area contributed by atoms with Crippen LogP contribution in [0.1, 0.15) is 19.4 Å². The standard InChI is InChI=1S/C12H11NO/c1-12(2,8-13)10-3-4-11-9(7-10)5-6-14-11/h3-7H,1-2H3. The topological polar surface area (TPSA) is 36.9 Å². The molecule has 0 aliphatic heterocycles. The molecule has 0 aliphatic carbocycles. The molecule has 2 heteroatoms. The molecule has 2 nitrogen and oxygen atoms in total. The summed E-state index contributed by atoms with van der Waals surface area (Å²) in [6, 6.07) is 10.0. The van der Waals surface area contributed by atoms with Gasteiger partial charge in [0, 0.05) is 5.39 Å². The lowest BCUT2D eigenvalue weighted by molar-refractivity contribution is 0.615. The van der Waals surface area contributed by atoms with E-state index in [0.29, 0.717) is 0 Å². The van der Waals surface area contributed by atoms with Gasteiger partial charge in [0.2, 0.25) is 0 Å². The lowest BCUT2D eigenvalue weighted by atomic mass is 9.86. The summed E-state index contributed by atoms with van der Waals surface area (Å²) in [5.74, 6) is 0. The molecule has 1 aromatic heterocycles. The van der Waals surface area contributed by atoms with Gasteiger partial charge in [-0.1, -0.05) is 6.07 Å². The Kier molecular flexibility index (Phi) is 1.82. The molecule has 2 aromatic rings. The normalized spacial score (nSPS) is 11.5. The van der Waals surface area contributed by atoms with E-state index in [1.54, 1.807) is 6.26 Å². The minimum Gasteiger partial charge on any atom is -0.464 e. The molecule has 0 fully saturated rings. The third-order valence-corrected chi connectivity index (χ3v) is 2.45. The fraction of sp³-hybridized carbons (Fsp3) is 0.250. The van der Waals surface area contributed by atoms with Crippen molar-refractivity contribution in [2.45, 2.75) is 19.3 Å². The lowest BCUT2D eigenvalue weighted by Crippen LogP contribution is -2.13. The molecule has 0 atom stereocenters. The van der Waals surface area contributed by atoms with Gasteiger partial charge in [-0.2, -0.15) is 5.26 Å². The van der Waals surface area contributed by atoms with Crippen molar-refractivity contribution in [3.63, 3.8) is 0 Å². The van der Waals surface area contributed by atoms with Gasteiger partial charge in [0.1, 0.15) is 5.58 Å². The Morgan fingerprint density at radius 3 is 2.79 bits per heavy atom. The Morgan fingerprint density at radius 2 is 2.07 bits per heavy atom. The molecule has 0 aliphatic rings. The average Bonchev–Trinajstić information content (AvgIpc) is 2.64. The molecule has 0 amide bonds. The van der Waals surface area contributed by atoms with Crippen LogP contribution in [0.3, 0.4) is 0 Å². The monoisotopic (exact) mass is 185 g/mol. The van der Waals surface area contributed by atoms with Crippen molar-refractivity contribution >= 4 is 11.0 Å². The van der Waals surface area contributed by atoms with Crippen molar-refractivity contribution < 1.29 is 4.42 Å². The fourth-order valence-corrected chi connectivity index (χ4v) is 1.42. The highest BCUT2D eigenvalue weighted by Crippen LogP contribution is 2.26. The Hall–Kier alpha value is -1.75. The van der Waals surface area contributed by atoms with Gasteiger partial charge in [-0.05, 0) is 37.6 Å². The molecule has 2 rings (SSSR count). The summed E-state index contributed by atoms with van der Waals surface area (Å²) in [5, 5.41) is 10.0. The third-order valence-electron chi connectivity index (χ3n) is 2.45. The number of nitriles is 1. The number of benzene rings is 1. The maximum Gasteiger partial charge on any atom is 0.133 e. The molecule has 0 unspecified atom stereocenters. The summed E-state index contributed by atoms with van der Waals surface area (Å²) in [4.78, 5) is 0. The number of hydrogen-bond donors (Lipinski definition) is 0. The van der Waals surface area contributed by atoms with Crippen LogP contribution in [0.15, 0.2) is 34.9 Å². The fourth-order valence-electron chi connectivity index (χ4n) is 1.42. The molecule has 0 saturated carbocycles. The van der Waals surface area contributed by atoms with Crippen LogP contribution in [0.2, 0.25) is 0 Å². The first-order valence-corrected chi connectivity index (χ1v) is 4.52. The second kappa shape index (κ2) is 2.88. The molecule has 70 valence electrons. The molecule has 0 N–H and O–H groups in total. The van der Waals surface area contributed by atoms with Crippen molar-refractivity contribution in [2.24, 2.45) is 0 Å². The first kappa shape index (κ1) is 8.83. The van der Waals surface area contributed by atoms with E-state index in [1.807, 2.05) is 38.1 Å². The Morgan fingerprint density at radius 1 is 1.29 bits per heavy atom. The van der Waals surface area contributed by atoms with E-state index >= 15 is 0 Å². The molecular weight excluding hydrogens is 174 g/mol. The minimum atomic E-state index is -0.439. The highest BCUT2D eigenvalue weighted by Gasteiger charge is 2.19. The Bertz CT molecular complexity index is 502. The molecule has 0 spiro atoms. The van der Waals surface area contributed by atoms with E-state index in [0.717, 1.165) is 16.5 Å². The van der Waals surface area contributed by atoms with Crippen LogP contribution in [0.4, 0.5) is 0 Å². The molecule has 14 heavy (non-hydrogen) atoms. The van der Waals surface area contributed by atoms with Crippen LogP contribution in [0.5, 0.6) is 0 Å². The van der Waals surface area contributed by atoms with Crippen LogP contribution in [-0.4, -0.2) is 0 Å². The second-order valence-electron chi connectivity index (χ2n) is 3.91. The SMILES string of the molecule is CC(C)(C#N)c1ccc2occc2c1. The summed E-state index contributed by atoms with van der Waals surface area (Å²) in [7, 11) is 0. The summed E-state index contributed by atoms with van der Waals surface area (Å²) >= 11 is 0. The molecule has 0 bridgehead atoms. The van der Waals surface area contributed by atoms with Gasteiger partial charge in [-0.3, -0.25) is 0 Å². The Balaban J connectivity index is 2.61. The van der Waals surface area contributed by atoms with E-state index in [2.05, 4.69) is 6.07 Å². The van der Waals surface area contributed by atoms with Crippen LogP contribution in [-0.2, 0) is 5.41 Å². The molecule has 0 radical (unpaired) electrons. The molecule has 1 heterocycles. The van der Waals surface area contributed by atoms with Crippen LogP contribution in [0, 0.1) is 11.3 Å². The van der Waals surface area contributed by atoms with E-state index in [-0.39, 0.29) is 0 Å². The number of fused-ring (bicyclic) bond motifs is 1. The van der Waals surface area contributed by atoms with E-state index in [4.69, 9.17) is 9.68 Å². The van der Waals surface area contributed by atoms with E-state index < -0.39 is 5.41 Å². The number of hydrogen-bond acceptors (Lipinski definition) is 2. The summed E-state index contributed by atoms with van der Waals surface area (Å²) < 4.78 is 5.24. The maximum atomic E-state index is 9.00. The number of nitrogens with zero attached hydrogens (tertiary/aromatic N) is 1. The highest BCUT2D eigenvalue weighted by molar-refractivity contribution is 5.78. The zero-order chi connectivity index (χ0) is 10.2. The van der Waals surface area contributed by atoms with Crippen molar-refractivity contribution in [3.05, 3.63) is 36.1 Å². The first-order valence-electron chi connectivity index (χ1n) is 4.52. The van der Waals surface area contributed by atoms with Gasteiger partial charge in [0.25, 0.3) is 0 Å². The van der Waals surface area contributed by atoms with Gasteiger partial charge < -0.3 is 4.42 Å². The summed E-state index contributed by atoms with van der Waals surface area (Å²) in [6.07, 6.45) is 1.66. The second-order valence-corrected chi connectivity index (χ2v) is 3.91. The quantitative estimate of drug-likeness (QED) is 0.683. The van der Waals surface area contributed by atoms with Crippen LogP contribution < -0.4 is 0 Å². The largest absolute Gasteiger partial charge is 0.464 e. The minimum absolute atomic E-state index is 0.439. The number of furan rings is 1. The van der Waals surface area contributed by atoms with Crippen molar-refractivity contribution in [1.82, 2.24) is 0 Å². The predicted molar refractivity (Wildman–Crippen MR) is 54.9 cm³/mol. The van der Waals surface area contributed by atoms with Gasteiger partial charge in [0.05, 0.1) is 17.7 Å². The molecule has 0 saturated heterocycles. The summed E-state index contributed by atoms with van der Waals surface area (Å²) in [5.41, 5.74) is 1.45. The maximum absolute atomic E-state index is 9.00. The number of rotatable bonds is 1. The smallest absolute Gasteiger partial charge is 0.133 e. The Labute approximate surface area is 82.8 Å². The third kappa shape index (κ3) is 1.27. The van der Waals surface area contributed by atoms with Crippen molar-refractivity contribution in [2.75, 3.05) is 0 Å². The lowest BCUT2D eigenvalue weighted by Gasteiger charge is -2.15. The van der Waals surface area contributed by atoms with Gasteiger partial charge >= 0.3 is 0 Å². The molecular formula is C12H11NO. The zero-order valence-electron chi connectivity index (χ0n) is 8.24. The molecule has 1 aromatic carbocycles. The van der Waals surface area contributed by atoms with Crippen LogP contribution in [0.25, 0.3) is 11.0 Å². The first-order chi connectivity index (χ1) is 6.63. The van der Waals surface area contributed by atoms with Gasteiger partial charge in [-0.25, -0.2) is 0 Å². The van der Waals surface area contributed by atoms with E-state index in [1.165, 1.54) is 0 Å². The zero-order valence-corrected chi connectivity index (χ0v) is 8.24. The average molecular weight is 185 g/mol.